The van der Waals surface area contributed by atoms with E-state index in [0.717, 1.165) is 31.2 Å². The largest absolute Gasteiger partial charge is 0.465 e. The van der Waals surface area contributed by atoms with E-state index >= 15 is 0 Å². The molecule has 2 aromatic rings. The molecule has 1 fully saturated rings. The lowest BCUT2D eigenvalue weighted by Gasteiger charge is -2.50. The normalized spacial score (nSPS) is 29.1. The quantitative estimate of drug-likeness (QED) is 0.645. The van der Waals surface area contributed by atoms with Gasteiger partial charge in [0.2, 0.25) is 0 Å². The van der Waals surface area contributed by atoms with Crippen molar-refractivity contribution in [2.45, 2.75) is 44.9 Å². The smallest absolute Gasteiger partial charge is 0.337 e. The second-order valence-electron chi connectivity index (χ2n) is 9.20. The van der Waals surface area contributed by atoms with Crippen LogP contribution in [0.25, 0.3) is 5.57 Å². The van der Waals surface area contributed by atoms with Crippen molar-refractivity contribution in [3.05, 3.63) is 70.6 Å². The van der Waals surface area contributed by atoms with Gasteiger partial charge in [-0.1, -0.05) is 19.1 Å². The van der Waals surface area contributed by atoms with Crippen LogP contribution < -0.4 is 0 Å². The number of hydrogen-bond acceptors (Lipinski definition) is 4. The van der Waals surface area contributed by atoms with Crippen molar-refractivity contribution in [1.29, 1.82) is 5.26 Å². The van der Waals surface area contributed by atoms with Gasteiger partial charge in [-0.3, -0.25) is 4.98 Å². The predicted octanol–water partition coefficient (Wildman–Crippen LogP) is 5.29. The third kappa shape index (κ3) is 2.80. The number of aromatic nitrogens is 1. The molecule has 4 heteroatoms. The molecule has 152 valence electrons. The number of hydrogen-bond donors (Lipinski definition) is 0. The third-order valence-electron chi connectivity index (χ3n) is 7.91. The highest BCUT2D eigenvalue weighted by atomic mass is 16.5. The average molecular weight is 399 g/mol. The molecular weight excluding hydrogens is 372 g/mol. The van der Waals surface area contributed by atoms with Crippen molar-refractivity contribution in [3.8, 4) is 6.07 Å². The van der Waals surface area contributed by atoms with E-state index in [9.17, 15) is 10.1 Å². The molecule has 30 heavy (non-hydrogen) atoms. The van der Waals surface area contributed by atoms with Crippen LogP contribution in [0, 0.1) is 28.6 Å². The summed E-state index contributed by atoms with van der Waals surface area (Å²) in [6, 6.07) is 10.4. The van der Waals surface area contributed by atoms with Gasteiger partial charge in [0.25, 0.3) is 0 Å². The maximum Gasteiger partial charge on any atom is 0.337 e. The molecule has 4 nitrogen and oxygen atoms in total. The molecule has 4 unspecified atom stereocenters. The highest BCUT2D eigenvalue weighted by molar-refractivity contribution is 5.89. The van der Waals surface area contributed by atoms with Gasteiger partial charge in [0.1, 0.15) is 6.07 Å². The molecule has 1 aromatic heterocycles. The van der Waals surface area contributed by atoms with Crippen LogP contribution in [0.1, 0.15) is 71.1 Å². The van der Waals surface area contributed by atoms with Gasteiger partial charge in [0, 0.05) is 12.4 Å². The lowest BCUT2D eigenvalue weighted by Crippen LogP contribution is -2.41. The Hall–Kier alpha value is -2.93. The molecule has 3 aliphatic carbocycles. The van der Waals surface area contributed by atoms with Crippen LogP contribution in [0.2, 0.25) is 0 Å². The molecule has 1 heterocycles. The summed E-state index contributed by atoms with van der Waals surface area (Å²) in [6.45, 7) is 2.42. The van der Waals surface area contributed by atoms with E-state index in [1.54, 1.807) is 6.20 Å². The number of pyridine rings is 1. The van der Waals surface area contributed by atoms with Gasteiger partial charge < -0.3 is 4.74 Å². The number of ether oxygens (including phenoxy) is 1. The minimum absolute atomic E-state index is 0.139. The molecular formula is C26H26N2O2. The Morgan fingerprint density at radius 1 is 1.27 bits per heavy atom. The SMILES string of the molecule is COC(=O)c1ccc2c(c1)CCC1C2CCC2(C)C(c3cncc(C#N)c3)=CCC12. The van der Waals surface area contributed by atoms with E-state index in [1.165, 1.54) is 30.2 Å². The fourth-order valence-electron chi connectivity index (χ4n) is 6.49. The topological polar surface area (TPSA) is 63.0 Å². The summed E-state index contributed by atoms with van der Waals surface area (Å²) in [7, 11) is 1.44. The van der Waals surface area contributed by atoms with Gasteiger partial charge >= 0.3 is 5.97 Å². The van der Waals surface area contributed by atoms with E-state index in [1.807, 2.05) is 24.4 Å². The van der Waals surface area contributed by atoms with E-state index in [0.29, 0.717) is 28.9 Å². The Morgan fingerprint density at radius 3 is 2.93 bits per heavy atom. The van der Waals surface area contributed by atoms with Crippen LogP contribution >= 0.6 is 0 Å². The van der Waals surface area contributed by atoms with E-state index < -0.39 is 0 Å². The summed E-state index contributed by atoms with van der Waals surface area (Å²) in [4.78, 5) is 16.2. The molecule has 3 aliphatic rings. The van der Waals surface area contributed by atoms with Gasteiger partial charge in [-0.25, -0.2) is 4.79 Å². The van der Waals surface area contributed by atoms with Crippen molar-refractivity contribution in [2.24, 2.45) is 17.3 Å². The second kappa shape index (κ2) is 7.09. The molecule has 0 saturated heterocycles. The van der Waals surface area contributed by atoms with Gasteiger partial charge in [0.15, 0.2) is 0 Å². The number of esters is 1. The minimum atomic E-state index is -0.256. The first kappa shape index (κ1) is 19.1. The van der Waals surface area contributed by atoms with Crippen molar-refractivity contribution < 1.29 is 9.53 Å². The summed E-state index contributed by atoms with van der Waals surface area (Å²) < 4.78 is 4.90. The van der Waals surface area contributed by atoms with E-state index in [2.05, 4.69) is 30.1 Å². The maximum absolute atomic E-state index is 11.9. The Morgan fingerprint density at radius 2 is 2.13 bits per heavy atom. The molecule has 5 rings (SSSR count). The predicted molar refractivity (Wildman–Crippen MR) is 115 cm³/mol. The minimum Gasteiger partial charge on any atom is -0.465 e. The highest BCUT2D eigenvalue weighted by Crippen LogP contribution is 2.63. The number of benzene rings is 1. The first-order valence-electron chi connectivity index (χ1n) is 10.8. The Kier molecular flexibility index (Phi) is 4.50. The lowest BCUT2D eigenvalue weighted by atomic mass is 9.54. The van der Waals surface area contributed by atoms with Crippen LogP contribution in [-0.4, -0.2) is 18.1 Å². The summed E-state index contributed by atoms with van der Waals surface area (Å²) in [5.74, 6) is 1.58. The van der Waals surface area contributed by atoms with Crippen LogP contribution in [0.3, 0.4) is 0 Å². The highest BCUT2D eigenvalue weighted by Gasteiger charge is 2.51. The molecule has 0 bridgehead atoms. The second-order valence-corrected chi connectivity index (χ2v) is 9.20. The number of nitrogens with zero attached hydrogens (tertiary/aromatic N) is 2. The van der Waals surface area contributed by atoms with Gasteiger partial charge in [-0.15, -0.1) is 0 Å². The molecule has 1 saturated carbocycles. The molecule has 0 amide bonds. The van der Waals surface area contributed by atoms with Gasteiger partial charge in [-0.2, -0.15) is 5.26 Å². The summed E-state index contributed by atoms with van der Waals surface area (Å²) in [6.07, 6.45) is 11.5. The third-order valence-corrected chi connectivity index (χ3v) is 7.91. The first-order valence-corrected chi connectivity index (χ1v) is 10.8. The molecule has 0 aliphatic heterocycles. The Bertz CT molecular complexity index is 1100. The zero-order chi connectivity index (χ0) is 20.9. The number of carbonyl (C=O) groups excluding carboxylic acids is 1. The molecule has 0 spiro atoms. The fraction of sp³-hybridized carbons (Fsp3) is 0.423. The standard InChI is InChI=1S/C26H26N2O2/c1-26-10-9-21-20-5-4-18(25(29)30-2)12-17(20)3-6-22(21)24(26)8-7-23(26)19-11-16(13-27)14-28-15-19/h4-5,7,11-12,14-15,21-22,24H,3,6,8-10H2,1-2H3. The van der Waals surface area contributed by atoms with Crippen molar-refractivity contribution in [2.75, 3.05) is 7.11 Å². The summed E-state index contributed by atoms with van der Waals surface area (Å²) in [5, 5.41) is 9.28. The maximum atomic E-state index is 11.9. The van der Waals surface area contributed by atoms with Gasteiger partial charge in [-0.05, 0) is 95.7 Å². The molecule has 0 radical (unpaired) electrons. The van der Waals surface area contributed by atoms with Crippen LogP contribution in [0.5, 0.6) is 0 Å². The van der Waals surface area contributed by atoms with Crippen molar-refractivity contribution in [1.82, 2.24) is 4.98 Å². The molecule has 0 N–H and O–H groups in total. The van der Waals surface area contributed by atoms with Gasteiger partial charge in [0.05, 0.1) is 18.2 Å². The zero-order valence-electron chi connectivity index (χ0n) is 17.5. The average Bonchev–Trinajstić information content (AvgIpc) is 3.15. The number of aryl methyl sites for hydroxylation is 1. The monoisotopic (exact) mass is 398 g/mol. The number of carbonyl (C=O) groups is 1. The van der Waals surface area contributed by atoms with E-state index in [-0.39, 0.29) is 11.4 Å². The Balaban J connectivity index is 1.45. The number of fused-ring (bicyclic) bond motifs is 5. The number of allylic oxidation sites excluding steroid dienone is 2. The molecule has 4 atom stereocenters. The first-order chi connectivity index (χ1) is 14.5. The summed E-state index contributed by atoms with van der Waals surface area (Å²) >= 11 is 0. The van der Waals surface area contributed by atoms with Crippen molar-refractivity contribution in [3.63, 3.8) is 0 Å². The lowest BCUT2D eigenvalue weighted by molar-refractivity contribution is 0.0600. The zero-order valence-corrected chi connectivity index (χ0v) is 17.5. The Labute approximate surface area is 177 Å². The van der Waals surface area contributed by atoms with Crippen molar-refractivity contribution >= 4 is 11.5 Å². The molecule has 1 aromatic carbocycles. The van der Waals surface area contributed by atoms with Crippen LogP contribution in [0.4, 0.5) is 0 Å². The summed E-state index contributed by atoms with van der Waals surface area (Å²) in [5.41, 5.74) is 6.66. The number of methoxy groups -OCH3 is 1. The number of rotatable bonds is 2. The number of nitriles is 1. The fourth-order valence-corrected chi connectivity index (χ4v) is 6.49. The van der Waals surface area contributed by atoms with E-state index in [4.69, 9.17) is 4.74 Å². The van der Waals surface area contributed by atoms with Crippen LogP contribution in [0.15, 0.2) is 42.7 Å². The van der Waals surface area contributed by atoms with Crippen LogP contribution in [-0.2, 0) is 11.2 Å².